The first kappa shape index (κ1) is 26.5. The molecule has 0 radical (unpaired) electrons. The molecular formula is C28H28N2O8. The van der Waals surface area contributed by atoms with Crippen LogP contribution in [0.4, 0.5) is 11.4 Å². The van der Waals surface area contributed by atoms with Crippen LogP contribution in [-0.2, 0) is 19.7 Å². The van der Waals surface area contributed by atoms with Crippen molar-refractivity contribution in [3.8, 4) is 17.2 Å². The Morgan fingerprint density at radius 3 is 2.34 bits per heavy atom. The maximum Gasteiger partial charge on any atom is 0.340 e. The Kier molecular flexibility index (Phi) is 6.30. The zero-order valence-corrected chi connectivity index (χ0v) is 22.1. The summed E-state index contributed by atoms with van der Waals surface area (Å²) in [6.45, 7) is 5.68. The van der Waals surface area contributed by atoms with Gasteiger partial charge in [0, 0.05) is 37.1 Å². The van der Waals surface area contributed by atoms with Crippen molar-refractivity contribution in [1.29, 1.82) is 0 Å². The van der Waals surface area contributed by atoms with Crippen LogP contribution in [0.3, 0.4) is 0 Å². The lowest BCUT2D eigenvalue weighted by atomic mass is 9.70. The van der Waals surface area contributed by atoms with Gasteiger partial charge in [0.25, 0.3) is 0 Å². The SMILES string of the molecule is COC(=O)c1cc(NC(C)=C2C(=O)C=C3Oc4c(C(C)=O)c(O)c(C)c(O)c4[C@@]3(C)C2=O)ccc1N(C)C. The van der Waals surface area contributed by atoms with Crippen molar-refractivity contribution in [2.75, 3.05) is 31.4 Å². The third-order valence-electron chi connectivity index (χ3n) is 6.98. The number of ether oxygens (including phenoxy) is 2. The van der Waals surface area contributed by atoms with Crippen LogP contribution in [-0.4, -0.2) is 54.7 Å². The summed E-state index contributed by atoms with van der Waals surface area (Å²) in [5.41, 5.74) is -0.412. The van der Waals surface area contributed by atoms with Crippen molar-refractivity contribution in [2.24, 2.45) is 0 Å². The first-order chi connectivity index (χ1) is 17.7. The van der Waals surface area contributed by atoms with Crippen molar-refractivity contribution >= 4 is 34.7 Å². The fourth-order valence-electron chi connectivity index (χ4n) is 4.92. The van der Waals surface area contributed by atoms with Gasteiger partial charge >= 0.3 is 5.97 Å². The van der Waals surface area contributed by atoms with E-state index in [9.17, 15) is 29.4 Å². The molecule has 4 rings (SSSR count). The van der Waals surface area contributed by atoms with Crippen molar-refractivity contribution in [3.63, 3.8) is 0 Å². The minimum Gasteiger partial charge on any atom is -0.507 e. The first-order valence-corrected chi connectivity index (χ1v) is 11.7. The summed E-state index contributed by atoms with van der Waals surface area (Å²) in [6, 6.07) is 4.95. The second-order valence-corrected chi connectivity index (χ2v) is 9.63. The molecule has 0 aromatic heterocycles. The highest BCUT2D eigenvalue weighted by Gasteiger charge is 2.56. The fraction of sp³-hybridized carbons (Fsp3) is 0.286. The summed E-state index contributed by atoms with van der Waals surface area (Å²) in [7, 11) is 4.83. The molecule has 1 heterocycles. The van der Waals surface area contributed by atoms with E-state index in [0.29, 0.717) is 11.4 Å². The van der Waals surface area contributed by atoms with Crippen LogP contribution in [0.25, 0.3) is 0 Å². The van der Waals surface area contributed by atoms with Crippen molar-refractivity contribution < 1.29 is 38.9 Å². The first-order valence-electron chi connectivity index (χ1n) is 11.7. The number of allylic oxidation sites excluding steroid dienone is 4. The molecule has 0 bridgehead atoms. The van der Waals surface area contributed by atoms with E-state index >= 15 is 0 Å². The van der Waals surface area contributed by atoms with Gasteiger partial charge in [-0.05, 0) is 45.9 Å². The van der Waals surface area contributed by atoms with Crippen LogP contribution < -0.4 is 15.0 Å². The summed E-state index contributed by atoms with van der Waals surface area (Å²) in [5.74, 6) is -3.43. The van der Waals surface area contributed by atoms with Gasteiger partial charge in [0.2, 0.25) is 0 Å². The molecule has 198 valence electrons. The van der Waals surface area contributed by atoms with Crippen molar-refractivity contribution in [2.45, 2.75) is 33.1 Å². The normalized spacial score (nSPS) is 19.2. The van der Waals surface area contributed by atoms with Gasteiger partial charge < -0.3 is 29.9 Å². The van der Waals surface area contributed by atoms with Crippen LogP contribution in [0.15, 0.2) is 41.3 Å². The molecule has 2 aromatic rings. The molecule has 1 aliphatic heterocycles. The number of fused-ring (bicyclic) bond motifs is 3. The lowest BCUT2D eigenvalue weighted by molar-refractivity contribution is -0.123. The third kappa shape index (κ3) is 3.71. The Morgan fingerprint density at radius 2 is 1.76 bits per heavy atom. The molecule has 10 nitrogen and oxygen atoms in total. The number of rotatable bonds is 5. The molecule has 10 heteroatoms. The lowest BCUT2D eigenvalue weighted by Crippen LogP contribution is -2.40. The molecule has 0 amide bonds. The van der Waals surface area contributed by atoms with Gasteiger partial charge in [-0.3, -0.25) is 14.4 Å². The molecule has 0 saturated carbocycles. The maximum atomic E-state index is 13.9. The number of carbonyl (C=O) groups is 4. The van der Waals surface area contributed by atoms with E-state index < -0.39 is 40.2 Å². The molecule has 1 aliphatic carbocycles. The Hall–Kier alpha value is -4.60. The molecule has 3 N–H and O–H groups in total. The van der Waals surface area contributed by atoms with Crippen LogP contribution in [0.5, 0.6) is 17.2 Å². The zero-order chi connectivity index (χ0) is 28.3. The number of nitrogens with one attached hydrogen (secondary N) is 1. The predicted octanol–water partition coefficient (Wildman–Crippen LogP) is 3.53. The average Bonchev–Trinajstić information content (AvgIpc) is 3.14. The summed E-state index contributed by atoms with van der Waals surface area (Å²) < 4.78 is 10.7. The number of methoxy groups -OCH3 is 1. The van der Waals surface area contributed by atoms with E-state index in [1.54, 1.807) is 44.1 Å². The largest absolute Gasteiger partial charge is 0.507 e. The molecular weight excluding hydrogens is 492 g/mol. The number of phenols is 2. The second-order valence-electron chi connectivity index (χ2n) is 9.63. The van der Waals surface area contributed by atoms with E-state index in [2.05, 4.69) is 5.32 Å². The standard InChI is InChI=1S/C28H28N2O8/c1-12-23(33)21(14(3)31)25-22(24(12)34)28(4)19(38-25)11-18(32)20(26(28)35)13(2)29-15-8-9-17(30(5)6)16(10-15)27(36)37-7/h8-11,29,33-34H,1-7H3/t28-/m0/s1. The Balaban J connectivity index is 1.85. The molecule has 38 heavy (non-hydrogen) atoms. The summed E-state index contributed by atoms with van der Waals surface area (Å²) in [4.78, 5) is 53.5. The molecule has 2 aromatic carbocycles. The highest BCUT2D eigenvalue weighted by Crippen LogP contribution is 2.57. The number of benzene rings is 2. The molecule has 1 atom stereocenters. The second kappa shape index (κ2) is 9.05. The van der Waals surface area contributed by atoms with Gasteiger partial charge in [0.1, 0.15) is 34.0 Å². The highest BCUT2D eigenvalue weighted by atomic mass is 16.5. The van der Waals surface area contributed by atoms with Crippen LogP contribution in [0.1, 0.15) is 52.6 Å². The average molecular weight is 521 g/mol. The maximum absolute atomic E-state index is 13.9. The molecule has 0 fully saturated rings. The van der Waals surface area contributed by atoms with Crippen LogP contribution in [0, 0.1) is 6.92 Å². The topological polar surface area (TPSA) is 142 Å². The number of phenolic OH excluding ortho intramolecular Hbond substituents is 2. The molecule has 0 saturated heterocycles. The van der Waals surface area contributed by atoms with Crippen LogP contribution >= 0.6 is 0 Å². The number of carbonyl (C=O) groups excluding carboxylic acids is 4. The monoisotopic (exact) mass is 520 g/mol. The smallest absolute Gasteiger partial charge is 0.340 e. The number of aromatic hydroxyl groups is 2. The summed E-state index contributed by atoms with van der Waals surface area (Å²) in [5, 5.41) is 24.5. The predicted molar refractivity (Wildman–Crippen MR) is 139 cm³/mol. The van der Waals surface area contributed by atoms with Gasteiger partial charge in [-0.25, -0.2) is 4.79 Å². The Labute approximate surface area is 219 Å². The van der Waals surface area contributed by atoms with Crippen molar-refractivity contribution in [3.05, 3.63) is 63.6 Å². The van der Waals surface area contributed by atoms with Gasteiger partial charge in [-0.15, -0.1) is 0 Å². The van der Waals surface area contributed by atoms with Crippen molar-refractivity contribution in [1.82, 2.24) is 0 Å². The number of hydrogen-bond donors (Lipinski definition) is 3. The minimum absolute atomic E-state index is 0.00960. The van der Waals surface area contributed by atoms with Gasteiger partial charge in [0.05, 0.1) is 29.5 Å². The number of ketones is 3. The van der Waals surface area contributed by atoms with Crippen LogP contribution in [0.2, 0.25) is 0 Å². The quantitative estimate of drug-likeness (QED) is 0.232. The molecule has 2 aliphatic rings. The van der Waals surface area contributed by atoms with E-state index in [0.717, 1.165) is 6.08 Å². The number of nitrogens with zero attached hydrogens (tertiary/aromatic N) is 1. The Bertz CT molecular complexity index is 1520. The summed E-state index contributed by atoms with van der Waals surface area (Å²) in [6.07, 6.45) is 1.15. The van der Waals surface area contributed by atoms with E-state index in [-0.39, 0.29) is 45.0 Å². The fourth-order valence-corrected chi connectivity index (χ4v) is 4.92. The molecule has 0 spiro atoms. The van der Waals surface area contributed by atoms with E-state index in [1.807, 2.05) is 0 Å². The number of Topliss-reactive ketones (excluding diaryl/α,β-unsaturated/α-hetero) is 2. The van der Waals surface area contributed by atoms with E-state index in [1.165, 1.54) is 27.9 Å². The van der Waals surface area contributed by atoms with Gasteiger partial charge in [0.15, 0.2) is 17.3 Å². The minimum atomic E-state index is -1.62. The van der Waals surface area contributed by atoms with Gasteiger partial charge in [-0.2, -0.15) is 0 Å². The number of anilines is 2. The highest BCUT2D eigenvalue weighted by molar-refractivity contribution is 6.31. The lowest BCUT2D eigenvalue weighted by Gasteiger charge is -2.29. The number of esters is 1. The summed E-state index contributed by atoms with van der Waals surface area (Å²) >= 11 is 0. The van der Waals surface area contributed by atoms with E-state index in [4.69, 9.17) is 9.47 Å². The zero-order valence-electron chi connectivity index (χ0n) is 22.1. The Morgan fingerprint density at radius 1 is 1.11 bits per heavy atom. The van der Waals surface area contributed by atoms with Gasteiger partial charge in [-0.1, -0.05) is 0 Å². The number of hydrogen-bond acceptors (Lipinski definition) is 10. The molecule has 0 unspecified atom stereocenters. The third-order valence-corrected chi connectivity index (χ3v) is 6.98.